The third-order valence-corrected chi connectivity index (χ3v) is 4.17. The van der Waals surface area contributed by atoms with E-state index in [2.05, 4.69) is 4.98 Å². The monoisotopic (exact) mass is 296 g/mol. The molecule has 4 N–H and O–H groups in total. The molecule has 2 atom stereocenters. The molecule has 2 unspecified atom stereocenters. The van der Waals surface area contributed by atoms with Gasteiger partial charge in [0.1, 0.15) is 11.5 Å². The SMILES string of the molecule is CCCCn1c(N)c(N2CCC(C(C)O)C2)c(=O)[nH]c1=O. The Kier molecular flexibility index (Phi) is 4.72. The maximum Gasteiger partial charge on any atom is 0.330 e. The van der Waals surface area contributed by atoms with E-state index in [9.17, 15) is 14.7 Å². The van der Waals surface area contributed by atoms with Gasteiger partial charge >= 0.3 is 5.69 Å². The van der Waals surface area contributed by atoms with E-state index in [-0.39, 0.29) is 11.7 Å². The van der Waals surface area contributed by atoms with Gasteiger partial charge in [-0.05, 0) is 19.8 Å². The van der Waals surface area contributed by atoms with Crippen LogP contribution in [0.25, 0.3) is 0 Å². The molecule has 0 aliphatic carbocycles. The summed E-state index contributed by atoms with van der Waals surface area (Å²) in [6.07, 6.45) is 2.16. The average molecular weight is 296 g/mol. The Bertz CT molecular complexity index is 605. The molecule has 1 aliphatic heterocycles. The summed E-state index contributed by atoms with van der Waals surface area (Å²) in [5.74, 6) is 0.350. The molecule has 2 rings (SSSR count). The van der Waals surface area contributed by atoms with E-state index in [0.717, 1.165) is 19.3 Å². The quantitative estimate of drug-likeness (QED) is 0.716. The molecule has 0 aromatic carbocycles. The van der Waals surface area contributed by atoms with E-state index < -0.39 is 17.4 Å². The molecule has 1 aromatic heterocycles. The number of unbranched alkanes of at least 4 members (excludes halogenated alkanes) is 1. The zero-order valence-corrected chi connectivity index (χ0v) is 12.6. The van der Waals surface area contributed by atoms with Crippen molar-refractivity contribution in [1.29, 1.82) is 0 Å². The summed E-state index contributed by atoms with van der Waals surface area (Å²) in [5, 5.41) is 9.67. The van der Waals surface area contributed by atoms with Gasteiger partial charge in [-0.25, -0.2) is 4.79 Å². The van der Waals surface area contributed by atoms with Gasteiger partial charge in [0.2, 0.25) is 0 Å². The lowest BCUT2D eigenvalue weighted by Gasteiger charge is -2.22. The Morgan fingerprint density at radius 3 is 2.76 bits per heavy atom. The molecule has 0 spiro atoms. The summed E-state index contributed by atoms with van der Waals surface area (Å²) in [6, 6.07) is 0. The summed E-state index contributed by atoms with van der Waals surface area (Å²) in [6.45, 7) is 5.52. The molecule has 1 fully saturated rings. The van der Waals surface area contributed by atoms with Crippen molar-refractivity contribution in [2.75, 3.05) is 23.7 Å². The van der Waals surface area contributed by atoms with Gasteiger partial charge in [0.05, 0.1) is 6.10 Å². The zero-order chi connectivity index (χ0) is 15.6. The lowest BCUT2D eigenvalue weighted by atomic mass is 10.0. The van der Waals surface area contributed by atoms with E-state index in [4.69, 9.17) is 5.73 Å². The molecule has 118 valence electrons. The number of rotatable bonds is 5. The van der Waals surface area contributed by atoms with Crippen molar-refractivity contribution < 1.29 is 5.11 Å². The van der Waals surface area contributed by atoms with E-state index >= 15 is 0 Å². The molecule has 21 heavy (non-hydrogen) atoms. The van der Waals surface area contributed by atoms with Crippen molar-refractivity contribution in [1.82, 2.24) is 9.55 Å². The summed E-state index contributed by atoms with van der Waals surface area (Å²) in [4.78, 5) is 28.2. The van der Waals surface area contributed by atoms with Crippen LogP contribution < -0.4 is 21.9 Å². The first-order chi connectivity index (χ1) is 9.95. The van der Waals surface area contributed by atoms with Crippen LogP contribution in [0.15, 0.2) is 9.59 Å². The van der Waals surface area contributed by atoms with Crippen molar-refractivity contribution in [2.45, 2.75) is 45.8 Å². The number of H-pyrrole nitrogens is 1. The minimum atomic E-state index is -0.457. The lowest BCUT2D eigenvalue weighted by molar-refractivity contribution is 0.136. The highest BCUT2D eigenvalue weighted by Crippen LogP contribution is 2.26. The Balaban J connectivity index is 2.36. The molecule has 0 amide bonds. The number of nitrogens with zero attached hydrogens (tertiary/aromatic N) is 2. The van der Waals surface area contributed by atoms with Crippen LogP contribution in [0, 0.1) is 5.92 Å². The Morgan fingerprint density at radius 1 is 1.48 bits per heavy atom. The van der Waals surface area contributed by atoms with Gasteiger partial charge in [-0.2, -0.15) is 0 Å². The minimum absolute atomic E-state index is 0.125. The van der Waals surface area contributed by atoms with Crippen LogP contribution >= 0.6 is 0 Å². The number of aromatic amines is 1. The molecule has 1 aromatic rings. The number of nitrogens with two attached hydrogens (primary N) is 1. The van der Waals surface area contributed by atoms with E-state index in [0.29, 0.717) is 25.3 Å². The largest absolute Gasteiger partial charge is 0.393 e. The smallest absolute Gasteiger partial charge is 0.330 e. The third kappa shape index (κ3) is 3.12. The van der Waals surface area contributed by atoms with Crippen LogP contribution in [0.1, 0.15) is 33.1 Å². The van der Waals surface area contributed by atoms with Crippen molar-refractivity contribution in [3.05, 3.63) is 20.8 Å². The Hall–Kier alpha value is -1.76. The number of nitrogens with one attached hydrogen (secondary N) is 1. The second-order valence-electron chi connectivity index (χ2n) is 5.73. The Labute approximate surface area is 123 Å². The van der Waals surface area contributed by atoms with E-state index in [1.54, 1.807) is 6.92 Å². The summed E-state index contributed by atoms with van der Waals surface area (Å²) in [7, 11) is 0. The molecular formula is C14H24N4O3. The molecule has 0 bridgehead atoms. The van der Waals surface area contributed by atoms with Gasteiger partial charge in [-0.15, -0.1) is 0 Å². The third-order valence-electron chi connectivity index (χ3n) is 4.17. The van der Waals surface area contributed by atoms with Crippen molar-refractivity contribution >= 4 is 11.5 Å². The molecule has 0 saturated carbocycles. The van der Waals surface area contributed by atoms with Gasteiger partial charge in [0.25, 0.3) is 5.56 Å². The maximum absolute atomic E-state index is 12.1. The van der Waals surface area contributed by atoms with Crippen molar-refractivity contribution in [3.63, 3.8) is 0 Å². The highest BCUT2D eigenvalue weighted by Gasteiger charge is 2.29. The number of nitrogen functional groups attached to an aromatic ring is 1. The number of hydrogen-bond donors (Lipinski definition) is 3. The van der Waals surface area contributed by atoms with E-state index in [1.807, 2.05) is 11.8 Å². The highest BCUT2D eigenvalue weighted by molar-refractivity contribution is 5.62. The fourth-order valence-electron chi connectivity index (χ4n) is 2.81. The second kappa shape index (κ2) is 6.34. The van der Waals surface area contributed by atoms with Crippen LogP contribution in [0.2, 0.25) is 0 Å². The number of aliphatic hydroxyl groups is 1. The van der Waals surface area contributed by atoms with Crippen LogP contribution in [-0.2, 0) is 6.54 Å². The first kappa shape index (κ1) is 15.6. The summed E-state index contributed by atoms with van der Waals surface area (Å²) in [5.41, 5.74) is 5.52. The molecule has 7 nitrogen and oxygen atoms in total. The molecule has 1 saturated heterocycles. The molecule has 1 aliphatic rings. The number of hydrogen-bond acceptors (Lipinski definition) is 5. The second-order valence-corrected chi connectivity index (χ2v) is 5.73. The van der Waals surface area contributed by atoms with E-state index in [1.165, 1.54) is 4.57 Å². The van der Waals surface area contributed by atoms with Gasteiger partial charge < -0.3 is 15.7 Å². The van der Waals surface area contributed by atoms with Gasteiger partial charge in [0.15, 0.2) is 0 Å². The predicted molar refractivity (Wildman–Crippen MR) is 82.6 cm³/mol. The zero-order valence-electron chi connectivity index (χ0n) is 12.6. The standard InChI is InChI=1S/C14H24N4O3/c1-3-4-6-18-12(15)11(13(20)16-14(18)21)17-7-5-10(8-17)9(2)19/h9-10,19H,3-8,15H2,1-2H3,(H,16,20,21). The predicted octanol–water partition coefficient (Wildman–Crippen LogP) is 0.126. The normalized spacial score (nSPS) is 20.0. The highest BCUT2D eigenvalue weighted by atomic mass is 16.3. The maximum atomic E-state index is 12.1. The molecule has 2 heterocycles. The first-order valence-corrected chi connectivity index (χ1v) is 7.51. The van der Waals surface area contributed by atoms with Crippen molar-refractivity contribution in [2.24, 2.45) is 5.92 Å². The topological polar surface area (TPSA) is 104 Å². The van der Waals surface area contributed by atoms with Crippen LogP contribution in [-0.4, -0.2) is 33.9 Å². The van der Waals surface area contributed by atoms with Crippen LogP contribution in [0.3, 0.4) is 0 Å². The van der Waals surface area contributed by atoms with Gasteiger partial charge in [0, 0.05) is 25.6 Å². The number of aliphatic hydroxyl groups excluding tert-OH is 1. The fourth-order valence-corrected chi connectivity index (χ4v) is 2.81. The molecule has 7 heteroatoms. The van der Waals surface area contributed by atoms with Gasteiger partial charge in [-0.3, -0.25) is 14.3 Å². The van der Waals surface area contributed by atoms with Crippen molar-refractivity contribution in [3.8, 4) is 0 Å². The first-order valence-electron chi connectivity index (χ1n) is 7.51. The Morgan fingerprint density at radius 2 is 2.19 bits per heavy atom. The lowest BCUT2D eigenvalue weighted by Crippen LogP contribution is -2.38. The molecule has 0 radical (unpaired) electrons. The fraction of sp³-hybridized carbons (Fsp3) is 0.714. The number of aromatic nitrogens is 2. The van der Waals surface area contributed by atoms with Crippen LogP contribution in [0.4, 0.5) is 11.5 Å². The van der Waals surface area contributed by atoms with Gasteiger partial charge in [-0.1, -0.05) is 13.3 Å². The minimum Gasteiger partial charge on any atom is -0.393 e. The summed E-state index contributed by atoms with van der Waals surface area (Å²) >= 11 is 0. The number of anilines is 2. The van der Waals surface area contributed by atoms with Crippen LogP contribution in [0.5, 0.6) is 0 Å². The molecular weight excluding hydrogens is 272 g/mol. The summed E-state index contributed by atoms with van der Waals surface area (Å²) < 4.78 is 1.43. The average Bonchev–Trinajstić information content (AvgIpc) is 2.87.